The van der Waals surface area contributed by atoms with E-state index in [0.717, 1.165) is 25.7 Å². The minimum absolute atomic E-state index is 0.0715. The van der Waals surface area contributed by atoms with Crippen LogP contribution < -0.4 is 5.32 Å². The number of nitrogens with one attached hydrogen (secondary N) is 1. The van der Waals surface area contributed by atoms with Crippen LogP contribution in [0.15, 0.2) is 0 Å². The lowest BCUT2D eigenvalue weighted by Crippen LogP contribution is -2.42. The minimum Gasteiger partial charge on any atom is -0.396 e. The average molecular weight is 243 g/mol. The highest BCUT2D eigenvalue weighted by Gasteiger charge is 2.31. The summed E-state index contributed by atoms with van der Waals surface area (Å²) >= 11 is 0. The zero-order valence-electron chi connectivity index (χ0n) is 11.0. The van der Waals surface area contributed by atoms with Gasteiger partial charge in [0.15, 0.2) is 0 Å². The third kappa shape index (κ3) is 5.04. The van der Waals surface area contributed by atoms with E-state index < -0.39 is 0 Å². The van der Waals surface area contributed by atoms with Crippen molar-refractivity contribution < 1.29 is 14.6 Å². The maximum absolute atomic E-state index is 11.5. The first-order valence-electron chi connectivity index (χ1n) is 6.57. The molecule has 0 bridgehead atoms. The molecule has 1 aliphatic rings. The first-order valence-corrected chi connectivity index (χ1v) is 6.57. The van der Waals surface area contributed by atoms with Crippen LogP contribution in [0.25, 0.3) is 0 Å². The van der Waals surface area contributed by atoms with Gasteiger partial charge in [0.05, 0.1) is 12.7 Å². The van der Waals surface area contributed by atoms with Crippen LogP contribution in [0.3, 0.4) is 0 Å². The lowest BCUT2D eigenvalue weighted by molar-refractivity contribution is -0.127. The Bertz CT molecular complexity index is 235. The van der Waals surface area contributed by atoms with Crippen molar-refractivity contribution in [1.29, 1.82) is 0 Å². The van der Waals surface area contributed by atoms with E-state index in [-0.39, 0.29) is 30.6 Å². The number of amides is 1. The first kappa shape index (κ1) is 14.5. The lowest BCUT2D eigenvalue weighted by Gasteiger charge is -2.35. The van der Waals surface area contributed by atoms with Crippen LogP contribution >= 0.6 is 0 Å². The second-order valence-corrected chi connectivity index (χ2v) is 5.36. The summed E-state index contributed by atoms with van der Waals surface area (Å²) in [4.78, 5) is 11.5. The van der Waals surface area contributed by atoms with E-state index in [1.165, 1.54) is 6.42 Å². The molecule has 0 aromatic heterocycles. The summed E-state index contributed by atoms with van der Waals surface area (Å²) in [7, 11) is 0. The summed E-state index contributed by atoms with van der Waals surface area (Å²) < 4.78 is 5.24. The molecule has 0 aromatic rings. The van der Waals surface area contributed by atoms with Gasteiger partial charge in [0, 0.05) is 12.0 Å². The Kier molecular flexibility index (Phi) is 5.92. The number of aliphatic hydroxyl groups excluding tert-OH is 1. The van der Waals surface area contributed by atoms with Crippen LogP contribution in [0, 0.1) is 5.41 Å². The fourth-order valence-corrected chi connectivity index (χ4v) is 2.27. The molecule has 0 aromatic carbocycles. The molecule has 0 atom stereocenters. The molecule has 2 N–H and O–H groups in total. The molecule has 17 heavy (non-hydrogen) atoms. The molecule has 4 heteroatoms. The largest absolute Gasteiger partial charge is 0.396 e. The quantitative estimate of drug-likeness (QED) is 0.742. The van der Waals surface area contributed by atoms with Gasteiger partial charge in [-0.15, -0.1) is 0 Å². The van der Waals surface area contributed by atoms with Gasteiger partial charge in [-0.05, 0) is 26.7 Å². The summed E-state index contributed by atoms with van der Waals surface area (Å²) in [6, 6.07) is 0. The Balaban J connectivity index is 2.29. The highest BCUT2D eigenvalue weighted by atomic mass is 16.5. The van der Waals surface area contributed by atoms with Crippen LogP contribution in [0.2, 0.25) is 0 Å². The molecule has 0 spiro atoms. The number of ether oxygens (including phenoxy) is 1. The fourth-order valence-electron chi connectivity index (χ4n) is 2.27. The van der Waals surface area contributed by atoms with Gasteiger partial charge in [0.25, 0.3) is 0 Å². The minimum atomic E-state index is -0.0915. The van der Waals surface area contributed by atoms with Gasteiger partial charge in [-0.25, -0.2) is 0 Å². The normalized spacial score (nSPS) is 19.3. The Morgan fingerprint density at radius 2 is 2.00 bits per heavy atom. The van der Waals surface area contributed by atoms with Crippen molar-refractivity contribution in [2.75, 3.05) is 19.8 Å². The molecular weight excluding hydrogens is 218 g/mol. The van der Waals surface area contributed by atoms with E-state index in [0.29, 0.717) is 6.54 Å². The van der Waals surface area contributed by atoms with Crippen molar-refractivity contribution in [3.8, 4) is 0 Å². The van der Waals surface area contributed by atoms with Crippen molar-refractivity contribution in [3.63, 3.8) is 0 Å². The Hall–Kier alpha value is -0.610. The highest BCUT2D eigenvalue weighted by molar-refractivity contribution is 5.77. The monoisotopic (exact) mass is 243 g/mol. The number of hydrogen-bond acceptors (Lipinski definition) is 3. The van der Waals surface area contributed by atoms with Crippen LogP contribution in [-0.4, -0.2) is 36.9 Å². The summed E-state index contributed by atoms with van der Waals surface area (Å²) in [5, 5.41) is 12.4. The van der Waals surface area contributed by atoms with Crippen LogP contribution in [0.5, 0.6) is 0 Å². The molecule has 100 valence electrons. The maximum atomic E-state index is 11.5. The van der Waals surface area contributed by atoms with Gasteiger partial charge in [-0.2, -0.15) is 0 Å². The van der Waals surface area contributed by atoms with Crippen molar-refractivity contribution >= 4 is 5.91 Å². The van der Waals surface area contributed by atoms with E-state index in [4.69, 9.17) is 4.74 Å². The van der Waals surface area contributed by atoms with Gasteiger partial charge >= 0.3 is 0 Å². The average Bonchev–Trinajstić information content (AvgIpc) is 2.35. The summed E-state index contributed by atoms with van der Waals surface area (Å²) in [6.07, 6.45) is 5.63. The van der Waals surface area contributed by atoms with Gasteiger partial charge < -0.3 is 15.2 Å². The van der Waals surface area contributed by atoms with E-state index in [2.05, 4.69) is 5.32 Å². The predicted octanol–water partition coefficient (Wildman–Crippen LogP) is 1.47. The zero-order valence-corrected chi connectivity index (χ0v) is 11.0. The molecule has 0 aliphatic heterocycles. The topological polar surface area (TPSA) is 58.6 Å². The summed E-state index contributed by atoms with van der Waals surface area (Å²) in [6.45, 7) is 4.66. The molecule has 0 saturated heterocycles. The number of hydrogen-bond donors (Lipinski definition) is 2. The second kappa shape index (κ2) is 6.97. The Morgan fingerprint density at radius 3 is 2.53 bits per heavy atom. The van der Waals surface area contributed by atoms with Crippen LogP contribution in [-0.2, 0) is 9.53 Å². The van der Waals surface area contributed by atoms with Crippen molar-refractivity contribution in [1.82, 2.24) is 5.32 Å². The van der Waals surface area contributed by atoms with E-state index in [9.17, 15) is 9.90 Å². The molecule has 4 nitrogen and oxygen atoms in total. The predicted molar refractivity (Wildman–Crippen MR) is 66.7 cm³/mol. The summed E-state index contributed by atoms with van der Waals surface area (Å²) in [5.41, 5.74) is -0.0915. The Labute approximate surface area is 104 Å². The smallest absolute Gasteiger partial charge is 0.246 e. The summed E-state index contributed by atoms with van der Waals surface area (Å²) in [5.74, 6) is -0.0860. The Morgan fingerprint density at radius 1 is 1.35 bits per heavy atom. The molecule has 0 unspecified atom stereocenters. The third-order valence-electron chi connectivity index (χ3n) is 3.46. The standard InChI is InChI=1S/C13H25NO3/c1-11(2)17-8-12(16)14-9-13(10-15)6-4-3-5-7-13/h11,15H,3-10H2,1-2H3,(H,14,16). The van der Waals surface area contributed by atoms with Gasteiger partial charge in [0.1, 0.15) is 6.61 Å². The van der Waals surface area contributed by atoms with E-state index in [1.54, 1.807) is 0 Å². The molecular formula is C13H25NO3. The fraction of sp³-hybridized carbons (Fsp3) is 0.923. The van der Waals surface area contributed by atoms with Crippen molar-refractivity contribution in [2.24, 2.45) is 5.41 Å². The van der Waals surface area contributed by atoms with E-state index in [1.807, 2.05) is 13.8 Å². The zero-order chi connectivity index (χ0) is 12.7. The lowest BCUT2D eigenvalue weighted by atomic mass is 9.74. The van der Waals surface area contributed by atoms with Crippen LogP contribution in [0.4, 0.5) is 0 Å². The molecule has 1 rings (SSSR count). The van der Waals surface area contributed by atoms with Gasteiger partial charge in [-0.3, -0.25) is 4.79 Å². The SMILES string of the molecule is CC(C)OCC(=O)NCC1(CO)CCCCC1. The number of rotatable bonds is 6. The molecule has 0 radical (unpaired) electrons. The third-order valence-corrected chi connectivity index (χ3v) is 3.46. The highest BCUT2D eigenvalue weighted by Crippen LogP contribution is 2.35. The second-order valence-electron chi connectivity index (χ2n) is 5.36. The number of carbonyl (C=O) groups excluding carboxylic acids is 1. The number of aliphatic hydroxyl groups is 1. The van der Waals surface area contributed by atoms with Gasteiger partial charge in [-0.1, -0.05) is 19.3 Å². The maximum Gasteiger partial charge on any atom is 0.246 e. The molecule has 0 heterocycles. The van der Waals surface area contributed by atoms with Crippen molar-refractivity contribution in [3.05, 3.63) is 0 Å². The van der Waals surface area contributed by atoms with Crippen LogP contribution in [0.1, 0.15) is 46.0 Å². The van der Waals surface area contributed by atoms with E-state index >= 15 is 0 Å². The number of carbonyl (C=O) groups is 1. The van der Waals surface area contributed by atoms with Crippen molar-refractivity contribution in [2.45, 2.75) is 52.1 Å². The molecule has 1 amide bonds. The molecule has 1 fully saturated rings. The molecule has 1 saturated carbocycles. The molecule has 1 aliphatic carbocycles. The van der Waals surface area contributed by atoms with Gasteiger partial charge in [0.2, 0.25) is 5.91 Å². The first-order chi connectivity index (χ1) is 8.08.